The fourth-order valence-electron chi connectivity index (χ4n) is 1.47. The second-order valence-electron chi connectivity index (χ2n) is 3.62. The van der Waals surface area contributed by atoms with Gasteiger partial charge in [-0.3, -0.25) is 4.79 Å². The second-order valence-corrected chi connectivity index (χ2v) is 3.62. The summed E-state index contributed by atoms with van der Waals surface area (Å²) in [7, 11) is 0. The molecule has 0 heterocycles. The summed E-state index contributed by atoms with van der Waals surface area (Å²) in [4.78, 5) is 11.8. The minimum Gasteiger partial charge on any atom is -0.398 e. The highest BCUT2D eigenvalue weighted by molar-refractivity contribution is 6.07. The van der Waals surface area contributed by atoms with E-state index < -0.39 is 0 Å². The van der Waals surface area contributed by atoms with E-state index in [1.54, 1.807) is 36.4 Å². The van der Waals surface area contributed by atoms with Crippen molar-refractivity contribution in [2.45, 2.75) is 0 Å². The van der Waals surface area contributed by atoms with Crippen molar-refractivity contribution >= 4 is 17.5 Å². The van der Waals surface area contributed by atoms with Gasteiger partial charge < -0.3 is 5.73 Å². The number of para-hydroxylation sites is 1. The Morgan fingerprint density at radius 2 is 1.88 bits per heavy atom. The van der Waals surface area contributed by atoms with E-state index in [9.17, 15) is 4.79 Å². The van der Waals surface area contributed by atoms with E-state index in [1.807, 2.05) is 18.2 Å². The van der Waals surface area contributed by atoms with Crippen molar-refractivity contribution in [1.29, 1.82) is 0 Å². The molecule has 84 valence electrons. The Labute approximate surface area is 102 Å². The van der Waals surface area contributed by atoms with Gasteiger partial charge in [-0.05, 0) is 23.8 Å². The van der Waals surface area contributed by atoms with Crippen molar-refractivity contribution in [3.8, 4) is 0 Å². The van der Waals surface area contributed by atoms with Crippen LogP contribution in [0.5, 0.6) is 0 Å². The molecule has 0 radical (unpaired) electrons. The highest BCUT2D eigenvalue weighted by Gasteiger charge is 2.00. The first-order valence-electron chi connectivity index (χ1n) is 5.80. The summed E-state index contributed by atoms with van der Waals surface area (Å²) in [5, 5.41) is 0. The predicted molar refractivity (Wildman–Crippen MR) is 70.7 cm³/mol. The fourth-order valence-corrected chi connectivity index (χ4v) is 1.47. The molecule has 0 aliphatic rings. The molecule has 2 nitrogen and oxygen atoms in total. The van der Waals surface area contributed by atoms with Gasteiger partial charge in [0.15, 0.2) is 5.78 Å². The van der Waals surface area contributed by atoms with E-state index in [0.29, 0.717) is 17.3 Å². The van der Waals surface area contributed by atoms with Gasteiger partial charge in [-0.15, -0.1) is 0 Å². The van der Waals surface area contributed by atoms with Gasteiger partial charge in [0.1, 0.15) is 0 Å². The number of anilines is 1. The van der Waals surface area contributed by atoms with Crippen LogP contribution in [0.15, 0.2) is 60.6 Å². The van der Waals surface area contributed by atoms with Crippen molar-refractivity contribution in [3.63, 3.8) is 0 Å². The van der Waals surface area contributed by atoms with Crippen molar-refractivity contribution < 1.29 is 6.17 Å². The second kappa shape index (κ2) is 5.12. The number of rotatable bonds is 3. The van der Waals surface area contributed by atoms with Crippen molar-refractivity contribution in [2.75, 3.05) is 5.73 Å². The van der Waals surface area contributed by atoms with Gasteiger partial charge in [0.05, 0.1) is 1.37 Å². The minimum absolute atomic E-state index is 0.0649. The van der Waals surface area contributed by atoms with Crippen LogP contribution in [0.2, 0.25) is 0 Å². The third-order valence-corrected chi connectivity index (χ3v) is 2.40. The van der Waals surface area contributed by atoms with Crippen LogP contribution in [0, 0.1) is 0 Å². The van der Waals surface area contributed by atoms with E-state index in [-0.39, 0.29) is 5.78 Å². The third-order valence-electron chi connectivity index (χ3n) is 2.40. The van der Waals surface area contributed by atoms with Gasteiger partial charge >= 0.3 is 0 Å². The lowest BCUT2D eigenvalue weighted by Crippen LogP contribution is -1.93. The van der Waals surface area contributed by atoms with Gasteiger partial charge in [0.25, 0.3) is 0 Å². The quantitative estimate of drug-likeness (QED) is 0.494. The maximum Gasteiger partial charge on any atom is 0.185 e. The highest BCUT2D eigenvalue weighted by Crippen LogP contribution is 2.12. The van der Waals surface area contributed by atoms with Gasteiger partial charge in [0, 0.05) is 11.3 Å². The molecule has 0 aliphatic heterocycles. The molecule has 17 heavy (non-hydrogen) atoms. The summed E-state index contributed by atoms with van der Waals surface area (Å²) in [6.07, 6.45) is 3.16. The van der Waals surface area contributed by atoms with Crippen LogP contribution in [-0.4, -0.2) is 5.78 Å². The molecular formula is C15H13NO. The van der Waals surface area contributed by atoms with Gasteiger partial charge in [0.2, 0.25) is 0 Å². The molecule has 0 amide bonds. The number of hydrogen-bond donors (Lipinski definition) is 1. The molecule has 0 unspecified atom stereocenters. The number of carbonyl (C=O) groups is 1. The molecule has 2 N–H and O–H groups in total. The van der Waals surface area contributed by atoms with E-state index >= 15 is 0 Å². The standard InChI is InChI=1S/C15H13NO/c16-14-9-5-4-6-12(14)10-11-15(17)13-7-2-1-3-8-13/h1-11H,16H2/b11-10+/i5D. The normalized spacial score (nSPS) is 11.4. The molecular weight excluding hydrogens is 210 g/mol. The molecule has 2 aromatic rings. The first-order valence-corrected chi connectivity index (χ1v) is 5.30. The van der Waals surface area contributed by atoms with Crippen molar-refractivity contribution in [1.82, 2.24) is 0 Å². The zero-order chi connectivity index (χ0) is 13.0. The maximum absolute atomic E-state index is 11.8. The zero-order valence-electron chi connectivity index (χ0n) is 10.3. The topological polar surface area (TPSA) is 43.1 Å². The van der Waals surface area contributed by atoms with Crippen LogP contribution in [0.25, 0.3) is 6.08 Å². The van der Waals surface area contributed by atoms with E-state index in [1.165, 1.54) is 6.08 Å². The number of ketones is 1. The predicted octanol–water partition coefficient (Wildman–Crippen LogP) is 3.16. The summed E-state index contributed by atoms with van der Waals surface area (Å²) in [5.41, 5.74) is 7.65. The fraction of sp³-hybridized carbons (Fsp3) is 0. The molecule has 2 aromatic carbocycles. The summed E-state index contributed by atoms with van der Waals surface area (Å²) in [6, 6.07) is 14.3. The smallest absolute Gasteiger partial charge is 0.185 e. The summed E-state index contributed by atoms with van der Waals surface area (Å²) in [6.45, 7) is 0. The van der Waals surface area contributed by atoms with E-state index in [2.05, 4.69) is 0 Å². The Hall–Kier alpha value is -2.35. The summed E-state index contributed by atoms with van der Waals surface area (Å²) >= 11 is 0. The van der Waals surface area contributed by atoms with E-state index in [4.69, 9.17) is 7.10 Å². The van der Waals surface area contributed by atoms with Crippen molar-refractivity contribution in [3.05, 3.63) is 71.8 Å². The average molecular weight is 224 g/mol. The van der Waals surface area contributed by atoms with Crippen LogP contribution >= 0.6 is 0 Å². The molecule has 0 fully saturated rings. The Bertz CT molecular complexity index is 591. The molecule has 2 rings (SSSR count). The molecule has 0 aliphatic carbocycles. The van der Waals surface area contributed by atoms with Crippen LogP contribution in [0.1, 0.15) is 17.3 Å². The highest BCUT2D eigenvalue weighted by atomic mass is 16.1. The Balaban J connectivity index is 2.19. The van der Waals surface area contributed by atoms with Gasteiger partial charge in [-0.2, -0.15) is 0 Å². The number of allylic oxidation sites excluding steroid dienone is 1. The zero-order valence-corrected chi connectivity index (χ0v) is 9.26. The molecule has 0 saturated carbocycles. The monoisotopic (exact) mass is 224 g/mol. The third kappa shape index (κ3) is 2.82. The first kappa shape index (κ1) is 9.85. The van der Waals surface area contributed by atoms with Gasteiger partial charge in [-0.25, -0.2) is 0 Å². The number of hydrogen-bond acceptors (Lipinski definition) is 2. The number of nitrogen functional groups attached to an aromatic ring is 1. The molecule has 0 atom stereocenters. The SMILES string of the molecule is [2H]c1ccc(/C=C/C(=O)c2ccccc2)c(N)c1. The Kier molecular flexibility index (Phi) is 2.97. The Morgan fingerprint density at radius 3 is 2.59 bits per heavy atom. The molecule has 0 spiro atoms. The first-order chi connectivity index (χ1) is 8.66. The lowest BCUT2D eigenvalue weighted by atomic mass is 10.1. The van der Waals surface area contributed by atoms with Crippen LogP contribution in [0.3, 0.4) is 0 Å². The number of carbonyl (C=O) groups excluding carboxylic acids is 1. The molecule has 0 bridgehead atoms. The molecule has 0 saturated heterocycles. The van der Waals surface area contributed by atoms with Crippen LogP contribution < -0.4 is 5.73 Å². The summed E-state index contributed by atoms with van der Waals surface area (Å²) in [5.74, 6) is -0.0649. The summed E-state index contributed by atoms with van der Waals surface area (Å²) < 4.78 is 7.41. The largest absolute Gasteiger partial charge is 0.398 e. The van der Waals surface area contributed by atoms with Crippen molar-refractivity contribution in [2.24, 2.45) is 0 Å². The van der Waals surface area contributed by atoms with Crippen LogP contribution in [-0.2, 0) is 0 Å². The lowest BCUT2D eigenvalue weighted by molar-refractivity contribution is 0.104. The average Bonchev–Trinajstić information content (AvgIpc) is 2.38. The molecule has 2 heteroatoms. The maximum atomic E-state index is 11.8. The Morgan fingerprint density at radius 1 is 1.12 bits per heavy atom. The minimum atomic E-state index is -0.0649. The number of benzene rings is 2. The lowest BCUT2D eigenvalue weighted by Gasteiger charge is -1.98. The number of nitrogens with two attached hydrogens (primary N) is 1. The molecule has 0 aromatic heterocycles. The van der Waals surface area contributed by atoms with Crippen LogP contribution in [0.4, 0.5) is 5.69 Å². The van der Waals surface area contributed by atoms with E-state index in [0.717, 1.165) is 5.56 Å². The van der Waals surface area contributed by atoms with Gasteiger partial charge in [-0.1, -0.05) is 48.5 Å².